The molecule has 1 aromatic heterocycles. The standard InChI is InChI=1S/C19H28N4O2S/c1-22(15-7-5-4-6-8-15)11-12-23(2)19-17-13-16(26(3,24)25)9-10-18(17)20-14-21-19/h9-10,13-15H,4-8,11-12H2,1-3H3. The van der Waals surface area contributed by atoms with Crippen molar-refractivity contribution in [3.8, 4) is 0 Å². The molecule has 0 spiro atoms. The number of anilines is 1. The van der Waals surface area contributed by atoms with Crippen LogP contribution in [-0.2, 0) is 9.84 Å². The van der Waals surface area contributed by atoms with Gasteiger partial charge in [0.05, 0.1) is 10.4 Å². The Hall–Kier alpha value is -1.73. The molecule has 0 bridgehead atoms. The van der Waals surface area contributed by atoms with E-state index in [-0.39, 0.29) is 0 Å². The number of likely N-dealkylation sites (N-methyl/N-ethyl adjacent to an activating group) is 2. The van der Waals surface area contributed by atoms with Crippen LogP contribution < -0.4 is 4.90 Å². The van der Waals surface area contributed by atoms with Gasteiger partial charge in [0.1, 0.15) is 12.1 Å². The van der Waals surface area contributed by atoms with Crippen molar-refractivity contribution in [1.82, 2.24) is 14.9 Å². The van der Waals surface area contributed by atoms with Gasteiger partial charge in [-0.25, -0.2) is 18.4 Å². The van der Waals surface area contributed by atoms with Crippen LogP contribution in [0.4, 0.5) is 5.82 Å². The molecule has 7 heteroatoms. The normalized spacial score (nSPS) is 16.3. The third kappa shape index (κ3) is 4.32. The maximum Gasteiger partial charge on any atom is 0.175 e. The zero-order valence-electron chi connectivity index (χ0n) is 15.9. The molecule has 0 atom stereocenters. The number of nitrogens with zero attached hydrogens (tertiary/aromatic N) is 4. The van der Waals surface area contributed by atoms with E-state index >= 15 is 0 Å². The Morgan fingerprint density at radius 2 is 1.81 bits per heavy atom. The van der Waals surface area contributed by atoms with Gasteiger partial charge in [0.2, 0.25) is 0 Å². The highest BCUT2D eigenvalue weighted by atomic mass is 32.2. The molecule has 1 fully saturated rings. The predicted molar refractivity (Wildman–Crippen MR) is 105 cm³/mol. The van der Waals surface area contributed by atoms with Crippen molar-refractivity contribution in [1.29, 1.82) is 0 Å². The number of hydrogen-bond acceptors (Lipinski definition) is 6. The first-order chi connectivity index (χ1) is 12.4. The van der Waals surface area contributed by atoms with E-state index in [1.165, 1.54) is 38.4 Å². The molecule has 3 rings (SSSR count). The van der Waals surface area contributed by atoms with Crippen molar-refractivity contribution in [3.05, 3.63) is 24.5 Å². The van der Waals surface area contributed by atoms with Gasteiger partial charge in [-0.05, 0) is 38.1 Å². The lowest BCUT2D eigenvalue weighted by atomic mass is 9.94. The largest absolute Gasteiger partial charge is 0.358 e. The molecule has 1 aliphatic rings. The van der Waals surface area contributed by atoms with Crippen molar-refractivity contribution in [2.75, 3.05) is 38.3 Å². The Morgan fingerprint density at radius 3 is 2.50 bits per heavy atom. The maximum absolute atomic E-state index is 11.9. The van der Waals surface area contributed by atoms with E-state index in [2.05, 4.69) is 26.8 Å². The van der Waals surface area contributed by atoms with E-state index < -0.39 is 9.84 Å². The van der Waals surface area contributed by atoms with E-state index in [4.69, 9.17) is 0 Å². The first-order valence-electron chi connectivity index (χ1n) is 9.22. The summed E-state index contributed by atoms with van der Waals surface area (Å²) in [6.45, 7) is 1.79. The summed E-state index contributed by atoms with van der Waals surface area (Å²) in [4.78, 5) is 13.5. The number of hydrogen-bond donors (Lipinski definition) is 0. The Balaban J connectivity index is 1.78. The second-order valence-electron chi connectivity index (χ2n) is 7.34. The second kappa shape index (κ2) is 7.88. The zero-order valence-corrected chi connectivity index (χ0v) is 16.7. The van der Waals surface area contributed by atoms with E-state index in [0.29, 0.717) is 10.9 Å². The zero-order chi connectivity index (χ0) is 18.7. The van der Waals surface area contributed by atoms with Crippen LogP contribution in [0.1, 0.15) is 32.1 Å². The molecule has 2 aromatic rings. The van der Waals surface area contributed by atoms with Crippen LogP contribution in [0.3, 0.4) is 0 Å². The molecule has 1 heterocycles. The Bertz CT molecular complexity index is 863. The van der Waals surface area contributed by atoms with Crippen LogP contribution in [0.2, 0.25) is 0 Å². The summed E-state index contributed by atoms with van der Waals surface area (Å²) in [6, 6.07) is 5.71. The van der Waals surface area contributed by atoms with Gasteiger partial charge in [-0.15, -0.1) is 0 Å². The van der Waals surface area contributed by atoms with Gasteiger partial charge >= 0.3 is 0 Å². The lowest BCUT2D eigenvalue weighted by Crippen LogP contribution is -2.38. The molecule has 0 radical (unpaired) electrons. The van der Waals surface area contributed by atoms with E-state index in [1.807, 2.05) is 7.05 Å². The monoisotopic (exact) mass is 376 g/mol. The smallest absolute Gasteiger partial charge is 0.175 e. The van der Waals surface area contributed by atoms with Crippen LogP contribution in [0.25, 0.3) is 10.9 Å². The Kier molecular flexibility index (Phi) is 5.77. The van der Waals surface area contributed by atoms with Crippen molar-refractivity contribution >= 4 is 26.6 Å². The average Bonchev–Trinajstić information content (AvgIpc) is 2.64. The van der Waals surface area contributed by atoms with Gasteiger partial charge in [-0.3, -0.25) is 0 Å². The molecule has 1 aromatic carbocycles. The number of sulfone groups is 1. The van der Waals surface area contributed by atoms with Crippen LogP contribution in [-0.4, -0.2) is 62.8 Å². The van der Waals surface area contributed by atoms with Crippen molar-refractivity contribution < 1.29 is 8.42 Å². The minimum absolute atomic E-state index is 0.300. The summed E-state index contributed by atoms with van der Waals surface area (Å²) < 4.78 is 23.8. The molecule has 0 amide bonds. The molecular weight excluding hydrogens is 348 g/mol. The fourth-order valence-corrected chi connectivity index (χ4v) is 4.32. The summed E-state index contributed by atoms with van der Waals surface area (Å²) in [5.41, 5.74) is 0.759. The molecule has 0 saturated heterocycles. The van der Waals surface area contributed by atoms with Crippen LogP contribution in [0.5, 0.6) is 0 Å². The Labute approximate surface area is 156 Å². The summed E-state index contributed by atoms with van der Waals surface area (Å²) in [6.07, 6.45) is 9.35. The fourth-order valence-electron chi connectivity index (χ4n) is 3.67. The molecule has 6 nitrogen and oxygen atoms in total. The molecule has 142 valence electrons. The minimum Gasteiger partial charge on any atom is -0.358 e. The van der Waals surface area contributed by atoms with Gasteiger partial charge in [0.25, 0.3) is 0 Å². The van der Waals surface area contributed by atoms with E-state index in [1.54, 1.807) is 24.5 Å². The van der Waals surface area contributed by atoms with Gasteiger partial charge in [-0.1, -0.05) is 19.3 Å². The van der Waals surface area contributed by atoms with Gasteiger partial charge in [0.15, 0.2) is 9.84 Å². The lowest BCUT2D eigenvalue weighted by molar-refractivity contribution is 0.196. The quantitative estimate of drug-likeness (QED) is 0.772. The molecular formula is C19H28N4O2S. The summed E-state index contributed by atoms with van der Waals surface area (Å²) in [5, 5.41) is 0.776. The molecule has 0 unspecified atom stereocenters. The van der Waals surface area contributed by atoms with Crippen molar-refractivity contribution in [3.63, 3.8) is 0 Å². The first kappa shape index (κ1) is 19.0. The summed E-state index contributed by atoms with van der Waals surface area (Å²) >= 11 is 0. The molecule has 0 N–H and O–H groups in total. The van der Waals surface area contributed by atoms with Crippen LogP contribution in [0, 0.1) is 0 Å². The predicted octanol–water partition coefficient (Wildman–Crippen LogP) is 2.73. The van der Waals surface area contributed by atoms with Gasteiger partial charge < -0.3 is 9.80 Å². The van der Waals surface area contributed by atoms with Crippen LogP contribution >= 0.6 is 0 Å². The van der Waals surface area contributed by atoms with Gasteiger partial charge in [0, 0.05) is 37.8 Å². The van der Waals surface area contributed by atoms with E-state index in [9.17, 15) is 8.42 Å². The Morgan fingerprint density at radius 1 is 1.08 bits per heavy atom. The van der Waals surface area contributed by atoms with Crippen molar-refractivity contribution in [2.24, 2.45) is 0 Å². The number of fused-ring (bicyclic) bond motifs is 1. The molecule has 1 saturated carbocycles. The first-order valence-corrected chi connectivity index (χ1v) is 11.1. The molecule has 0 aliphatic heterocycles. The van der Waals surface area contributed by atoms with Crippen LogP contribution in [0.15, 0.2) is 29.4 Å². The molecule has 26 heavy (non-hydrogen) atoms. The summed E-state index contributed by atoms with van der Waals surface area (Å²) in [7, 11) is 0.942. The highest BCUT2D eigenvalue weighted by Crippen LogP contribution is 2.25. The highest BCUT2D eigenvalue weighted by Gasteiger charge is 2.19. The maximum atomic E-state index is 11.9. The fraction of sp³-hybridized carbons (Fsp3) is 0.579. The lowest BCUT2D eigenvalue weighted by Gasteiger charge is -2.32. The highest BCUT2D eigenvalue weighted by molar-refractivity contribution is 7.90. The van der Waals surface area contributed by atoms with E-state index in [0.717, 1.165) is 29.8 Å². The topological polar surface area (TPSA) is 66.4 Å². The minimum atomic E-state index is -3.26. The number of benzene rings is 1. The van der Waals surface area contributed by atoms with Crippen molar-refractivity contribution in [2.45, 2.75) is 43.0 Å². The average molecular weight is 377 g/mol. The SMILES string of the molecule is CN(CCN(C)C1CCCCC1)c1ncnc2ccc(S(C)(=O)=O)cc12. The van der Waals surface area contributed by atoms with Gasteiger partial charge in [-0.2, -0.15) is 0 Å². The third-order valence-electron chi connectivity index (χ3n) is 5.36. The second-order valence-corrected chi connectivity index (χ2v) is 9.36. The number of aromatic nitrogens is 2. The number of rotatable bonds is 6. The summed E-state index contributed by atoms with van der Waals surface area (Å²) in [5.74, 6) is 0.776. The third-order valence-corrected chi connectivity index (χ3v) is 6.47. The molecule has 1 aliphatic carbocycles.